The van der Waals surface area contributed by atoms with E-state index >= 15 is 0 Å². The van der Waals surface area contributed by atoms with Crippen molar-refractivity contribution in [3.63, 3.8) is 0 Å². The monoisotopic (exact) mass is 145 g/mol. The molecule has 0 aliphatic heterocycles. The highest BCUT2D eigenvalue weighted by Crippen LogP contribution is 2.08. The summed E-state index contributed by atoms with van der Waals surface area (Å²) in [4.78, 5) is 1.88. The Morgan fingerprint density at radius 3 is 2.00 bits per heavy atom. The summed E-state index contributed by atoms with van der Waals surface area (Å²) in [6.45, 7) is 3.75. The summed E-state index contributed by atoms with van der Waals surface area (Å²) in [6.07, 6.45) is 0. The van der Waals surface area contributed by atoms with Crippen LogP contribution in [0.1, 0.15) is 13.8 Å². The molecule has 3 N–H and O–H groups in total. The molecule has 0 atom stereocenters. The van der Waals surface area contributed by atoms with Crippen LogP contribution in [0, 0.1) is 0 Å². The molecule has 0 spiro atoms. The van der Waals surface area contributed by atoms with Gasteiger partial charge in [0.25, 0.3) is 0 Å². The van der Waals surface area contributed by atoms with Crippen molar-refractivity contribution in [2.45, 2.75) is 19.4 Å². The number of hydrogen-bond acceptors (Lipinski definition) is 3. The van der Waals surface area contributed by atoms with E-state index in [0.29, 0.717) is 0 Å². The van der Waals surface area contributed by atoms with Crippen molar-refractivity contribution in [1.29, 1.82) is 0 Å². The molecule has 0 heterocycles. The quantitative estimate of drug-likeness (QED) is 0.250. The van der Waals surface area contributed by atoms with Gasteiger partial charge in [0, 0.05) is 0 Å². The van der Waals surface area contributed by atoms with Gasteiger partial charge in [0.2, 0.25) is 0 Å². The summed E-state index contributed by atoms with van der Waals surface area (Å²) in [5.41, 5.74) is 5.03. The van der Waals surface area contributed by atoms with Gasteiger partial charge in [-0.3, -0.25) is 4.90 Å². The standard InChI is InChI=1S/C6H15N3O/c1-6(2,9(3)4)5(7)8-10/h10H,1-4H3,(H2,7,8). The Labute approximate surface area is 61.3 Å². The largest absolute Gasteiger partial charge is 0.409 e. The molecule has 0 fully saturated rings. The first-order valence-corrected chi connectivity index (χ1v) is 3.08. The van der Waals surface area contributed by atoms with E-state index in [1.165, 1.54) is 0 Å². The maximum absolute atomic E-state index is 8.36. The van der Waals surface area contributed by atoms with Crippen molar-refractivity contribution in [1.82, 2.24) is 4.90 Å². The van der Waals surface area contributed by atoms with Gasteiger partial charge in [0.15, 0.2) is 5.84 Å². The molecule has 0 amide bonds. The molecule has 0 radical (unpaired) electrons. The number of likely N-dealkylation sites (N-methyl/N-ethyl adjacent to an activating group) is 1. The Balaban J connectivity index is 4.40. The fraction of sp³-hybridized carbons (Fsp3) is 0.833. The second kappa shape index (κ2) is 2.88. The Morgan fingerprint density at radius 2 is 1.90 bits per heavy atom. The van der Waals surface area contributed by atoms with Crippen LogP contribution in [0.3, 0.4) is 0 Å². The zero-order chi connectivity index (χ0) is 8.36. The molecule has 0 aliphatic rings. The summed E-state index contributed by atoms with van der Waals surface area (Å²) in [5, 5.41) is 11.3. The molecular weight excluding hydrogens is 130 g/mol. The van der Waals surface area contributed by atoms with Crippen molar-refractivity contribution >= 4 is 5.84 Å². The lowest BCUT2D eigenvalue weighted by molar-refractivity contribution is 0.252. The fourth-order valence-electron chi connectivity index (χ4n) is 0.351. The predicted octanol–water partition coefficient (Wildman–Crippen LogP) is 0.0730. The number of oxime groups is 1. The smallest absolute Gasteiger partial charge is 0.159 e. The van der Waals surface area contributed by atoms with Crippen molar-refractivity contribution < 1.29 is 5.21 Å². The third-order valence-corrected chi connectivity index (χ3v) is 1.85. The number of nitrogens with zero attached hydrogens (tertiary/aromatic N) is 2. The summed E-state index contributed by atoms with van der Waals surface area (Å²) in [7, 11) is 3.75. The van der Waals surface area contributed by atoms with Crippen molar-refractivity contribution in [3.05, 3.63) is 0 Å². The van der Waals surface area contributed by atoms with Crippen LogP contribution in [-0.4, -0.2) is 35.6 Å². The minimum atomic E-state index is -0.380. The van der Waals surface area contributed by atoms with Crippen LogP contribution in [0.5, 0.6) is 0 Å². The molecule has 0 aromatic rings. The minimum Gasteiger partial charge on any atom is -0.409 e. The first-order valence-electron chi connectivity index (χ1n) is 3.08. The first kappa shape index (κ1) is 9.23. The van der Waals surface area contributed by atoms with Gasteiger partial charge in [0.05, 0.1) is 5.54 Å². The minimum absolute atomic E-state index is 0.220. The van der Waals surface area contributed by atoms with Gasteiger partial charge in [-0.25, -0.2) is 0 Å². The van der Waals surface area contributed by atoms with E-state index in [0.717, 1.165) is 0 Å². The normalized spacial score (nSPS) is 14.3. The SMILES string of the molecule is CN(C)C(C)(C)/C(N)=N/O. The van der Waals surface area contributed by atoms with Crippen LogP contribution in [0.25, 0.3) is 0 Å². The van der Waals surface area contributed by atoms with Crippen LogP contribution < -0.4 is 5.73 Å². The van der Waals surface area contributed by atoms with Gasteiger partial charge in [0.1, 0.15) is 0 Å². The molecule has 10 heavy (non-hydrogen) atoms. The highest BCUT2D eigenvalue weighted by molar-refractivity contribution is 5.88. The van der Waals surface area contributed by atoms with Gasteiger partial charge in [-0.05, 0) is 27.9 Å². The molecule has 0 aliphatic carbocycles. The summed E-state index contributed by atoms with van der Waals surface area (Å²) in [5.74, 6) is 0.220. The molecule has 4 heteroatoms. The van der Waals surface area contributed by atoms with E-state index in [1.807, 2.05) is 32.8 Å². The highest BCUT2D eigenvalue weighted by Gasteiger charge is 2.25. The Kier molecular flexibility index (Phi) is 2.65. The van der Waals surface area contributed by atoms with Crippen LogP contribution in [0.2, 0.25) is 0 Å². The molecule has 0 aromatic carbocycles. The Bertz CT molecular complexity index is 140. The number of amidine groups is 1. The third kappa shape index (κ3) is 1.60. The molecular formula is C6H15N3O. The van der Waals surface area contributed by atoms with Crippen LogP contribution in [0.15, 0.2) is 5.16 Å². The Hall–Kier alpha value is -0.770. The van der Waals surface area contributed by atoms with Crippen LogP contribution in [-0.2, 0) is 0 Å². The third-order valence-electron chi connectivity index (χ3n) is 1.85. The van der Waals surface area contributed by atoms with Gasteiger partial charge in [-0.2, -0.15) is 0 Å². The van der Waals surface area contributed by atoms with Gasteiger partial charge < -0.3 is 10.9 Å². The molecule has 0 aromatic heterocycles. The topological polar surface area (TPSA) is 61.8 Å². The zero-order valence-corrected chi connectivity index (χ0v) is 6.92. The van der Waals surface area contributed by atoms with E-state index in [2.05, 4.69) is 5.16 Å². The van der Waals surface area contributed by atoms with E-state index in [4.69, 9.17) is 10.9 Å². The van der Waals surface area contributed by atoms with E-state index in [-0.39, 0.29) is 11.4 Å². The molecule has 0 unspecified atom stereocenters. The molecule has 0 bridgehead atoms. The highest BCUT2D eigenvalue weighted by atomic mass is 16.4. The predicted molar refractivity (Wildman–Crippen MR) is 41.2 cm³/mol. The van der Waals surface area contributed by atoms with E-state index in [9.17, 15) is 0 Å². The number of nitrogens with two attached hydrogens (primary N) is 1. The second-order valence-corrected chi connectivity index (χ2v) is 2.94. The van der Waals surface area contributed by atoms with Crippen LogP contribution in [0.4, 0.5) is 0 Å². The second-order valence-electron chi connectivity index (χ2n) is 2.94. The molecule has 4 nitrogen and oxygen atoms in total. The van der Waals surface area contributed by atoms with E-state index in [1.54, 1.807) is 0 Å². The van der Waals surface area contributed by atoms with Gasteiger partial charge in [-0.1, -0.05) is 5.16 Å². The zero-order valence-electron chi connectivity index (χ0n) is 6.92. The number of rotatable bonds is 2. The Morgan fingerprint density at radius 1 is 1.50 bits per heavy atom. The molecule has 60 valence electrons. The molecule has 0 saturated carbocycles. The van der Waals surface area contributed by atoms with Crippen LogP contribution >= 0.6 is 0 Å². The van der Waals surface area contributed by atoms with Crippen molar-refractivity contribution in [3.8, 4) is 0 Å². The maximum atomic E-state index is 8.36. The average Bonchev–Trinajstić information content (AvgIpc) is 1.86. The molecule has 0 saturated heterocycles. The molecule has 0 rings (SSSR count). The lowest BCUT2D eigenvalue weighted by Crippen LogP contribution is -2.49. The van der Waals surface area contributed by atoms with Gasteiger partial charge in [-0.15, -0.1) is 0 Å². The van der Waals surface area contributed by atoms with Crippen molar-refractivity contribution in [2.24, 2.45) is 10.9 Å². The first-order chi connectivity index (χ1) is 4.42. The van der Waals surface area contributed by atoms with Gasteiger partial charge >= 0.3 is 0 Å². The summed E-state index contributed by atoms with van der Waals surface area (Å²) in [6, 6.07) is 0. The van der Waals surface area contributed by atoms with Crippen molar-refractivity contribution in [2.75, 3.05) is 14.1 Å². The maximum Gasteiger partial charge on any atom is 0.159 e. The lowest BCUT2D eigenvalue weighted by Gasteiger charge is -2.30. The van der Waals surface area contributed by atoms with E-state index < -0.39 is 0 Å². The number of hydrogen-bond donors (Lipinski definition) is 2. The average molecular weight is 145 g/mol. The summed E-state index contributed by atoms with van der Waals surface area (Å²) >= 11 is 0. The lowest BCUT2D eigenvalue weighted by atomic mass is 10.0. The fourth-order valence-corrected chi connectivity index (χ4v) is 0.351. The summed E-state index contributed by atoms with van der Waals surface area (Å²) < 4.78 is 0.